The van der Waals surface area contributed by atoms with Gasteiger partial charge in [-0.05, 0) is 17.5 Å². The van der Waals surface area contributed by atoms with Crippen LogP contribution in [0.1, 0.15) is 10.5 Å². The SMILES string of the molecule is O=Cc1[nH]nnc1Sc1cc2ccccc2s1. The van der Waals surface area contributed by atoms with E-state index in [0.717, 1.165) is 10.5 Å². The van der Waals surface area contributed by atoms with Crippen LogP contribution in [0.3, 0.4) is 0 Å². The molecule has 84 valence electrons. The number of benzene rings is 1. The van der Waals surface area contributed by atoms with Gasteiger partial charge in [0.15, 0.2) is 11.3 Å². The highest BCUT2D eigenvalue weighted by Gasteiger charge is 2.10. The molecule has 0 bridgehead atoms. The molecule has 0 fully saturated rings. The fourth-order valence-corrected chi connectivity index (χ4v) is 3.61. The smallest absolute Gasteiger partial charge is 0.170 e. The third kappa shape index (κ3) is 1.96. The van der Waals surface area contributed by atoms with Gasteiger partial charge in [-0.3, -0.25) is 9.89 Å². The number of carbonyl (C=O) groups is 1. The second-order valence-corrected chi connectivity index (χ2v) is 5.73. The average molecular weight is 261 g/mol. The van der Waals surface area contributed by atoms with Crippen molar-refractivity contribution in [3.63, 3.8) is 0 Å². The van der Waals surface area contributed by atoms with Crippen LogP contribution in [0.25, 0.3) is 10.1 Å². The molecular formula is C11H7N3OS2. The molecule has 0 radical (unpaired) electrons. The van der Waals surface area contributed by atoms with E-state index in [2.05, 4.69) is 33.6 Å². The summed E-state index contributed by atoms with van der Waals surface area (Å²) in [5.41, 5.74) is 0.424. The van der Waals surface area contributed by atoms with Crippen LogP contribution < -0.4 is 0 Å². The van der Waals surface area contributed by atoms with E-state index >= 15 is 0 Å². The molecule has 3 aromatic rings. The molecule has 0 amide bonds. The number of aldehydes is 1. The molecule has 4 nitrogen and oxygen atoms in total. The minimum atomic E-state index is 0.424. The number of rotatable bonds is 3. The Kier molecular flexibility index (Phi) is 2.66. The van der Waals surface area contributed by atoms with Crippen LogP contribution in [-0.2, 0) is 0 Å². The van der Waals surface area contributed by atoms with Crippen molar-refractivity contribution >= 4 is 39.5 Å². The lowest BCUT2D eigenvalue weighted by Gasteiger charge is -1.90. The van der Waals surface area contributed by atoms with Gasteiger partial charge in [0, 0.05) is 4.70 Å². The van der Waals surface area contributed by atoms with E-state index in [1.807, 2.05) is 12.1 Å². The Bertz CT molecular complexity index is 641. The molecule has 0 saturated carbocycles. The predicted octanol–water partition coefficient (Wildman–Crippen LogP) is 2.98. The van der Waals surface area contributed by atoms with E-state index in [0.29, 0.717) is 10.7 Å². The first-order valence-electron chi connectivity index (χ1n) is 4.89. The zero-order chi connectivity index (χ0) is 11.7. The minimum absolute atomic E-state index is 0.424. The van der Waals surface area contributed by atoms with Gasteiger partial charge in [0.25, 0.3) is 0 Å². The summed E-state index contributed by atoms with van der Waals surface area (Å²) in [6.07, 6.45) is 0.732. The second kappa shape index (κ2) is 4.31. The number of aromatic nitrogens is 3. The molecule has 6 heteroatoms. The molecule has 0 unspecified atom stereocenters. The van der Waals surface area contributed by atoms with Crippen LogP contribution in [-0.4, -0.2) is 21.7 Å². The maximum Gasteiger partial charge on any atom is 0.170 e. The third-order valence-electron chi connectivity index (χ3n) is 2.26. The van der Waals surface area contributed by atoms with Crippen LogP contribution in [0.2, 0.25) is 0 Å². The highest BCUT2D eigenvalue weighted by molar-refractivity contribution is 8.01. The number of aromatic amines is 1. The lowest BCUT2D eigenvalue weighted by Crippen LogP contribution is -1.81. The van der Waals surface area contributed by atoms with Gasteiger partial charge in [-0.25, -0.2) is 0 Å². The van der Waals surface area contributed by atoms with E-state index in [-0.39, 0.29) is 0 Å². The van der Waals surface area contributed by atoms with E-state index in [1.54, 1.807) is 11.3 Å². The van der Waals surface area contributed by atoms with Crippen molar-refractivity contribution < 1.29 is 4.79 Å². The molecule has 0 aliphatic carbocycles. The first-order valence-corrected chi connectivity index (χ1v) is 6.53. The maximum atomic E-state index is 10.7. The van der Waals surface area contributed by atoms with Crippen molar-refractivity contribution in [1.29, 1.82) is 0 Å². The Morgan fingerprint density at radius 2 is 2.24 bits per heavy atom. The number of nitrogens with one attached hydrogen (secondary N) is 1. The van der Waals surface area contributed by atoms with Crippen molar-refractivity contribution in [2.24, 2.45) is 0 Å². The Morgan fingerprint density at radius 1 is 1.35 bits per heavy atom. The largest absolute Gasteiger partial charge is 0.296 e. The third-order valence-corrected chi connectivity index (χ3v) is 4.48. The summed E-state index contributed by atoms with van der Waals surface area (Å²) in [6.45, 7) is 0. The first-order chi connectivity index (χ1) is 8.36. The highest BCUT2D eigenvalue weighted by atomic mass is 32.2. The molecule has 0 spiro atoms. The zero-order valence-electron chi connectivity index (χ0n) is 8.58. The van der Waals surface area contributed by atoms with Gasteiger partial charge in [0.2, 0.25) is 0 Å². The molecule has 0 aliphatic rings. The fraction of sp³-hybridized carbons (Fsp3) is 0. The Labute approximate surface area is 105 Å². The lowest BCUT2D eigenvalue weighted by atomic mass is 10.3. The molecule has 0 aliphatic heterocycles. The van der Waals surface area contributed by atoms with Crippen LogP contribution in [0.5, 0.6) is 0 Å². The van der Waals surface area contributed by atoms with Gasteiger partial charge in [-0.1, -0.05) is 35.2 Å². The Morgan fingerprint density at radius 3 is 3.06 bits per heavy atom. The van der Waals surface area contributed by atoms with E-state index in [9.17, 15) is 4.79 Å². The number of thiophene rings is 1. The van der Waals surface area contributed by atoms with E-state index in [1.165, 1.54) is 21.8 Å². The average Bonchev–Trinajstić information content (AvgIpc) is 2.94. The number of hydrogen-bond acceptors (Lipinski definition) is 5. The molecule has 0 saturated heterocycles. The normalized spacial score (nSPS) is 10.8. The lowest BCUT2D eigenvalue weighted by molar-refractivity contribution is 0.111. The van der Waals surface area contributed by atoms with Gasteiger partial charge in [-0.2, -0.15) is 0 Å². The van der Waals surface area contributed by atoms with Gasteiger partial charge < -0.3 is 0 Å². The standard InChI is InChI=1S/C11H7N3OS2/c15-6-8-11(13-14-12-8)17-10-5-7-3-1-2-4-9(7)16-10/h1-6H,(H,12,13,14). The zero-order valence-corrected chi connectivity index (χ0v) is 10.2. The van der Waals surface area contributed by atoms with Crippen molar-refractivity contribution in [2.75, 3.05) is 0 Å². The molecule has 2 heterocycles. The summed E-state index contributed by atoms with van der Waals surface area (Å²) in [5.74, 6) is 0. The Hall–Kier alpha value is -1.66. The monoisotopic (exact) mass is 261 g/mol. The second-order valence-electron chi connectivity index (χ2n) is 3.35. The minimum Gasteiger partial charge on any atom is -0.296 e. The van der Waals surface area contributed by atoms with Crippen molar-refractivity contribution in [2.45, 2.75) is 9.24 Å². The summed E-state index contributed by atoms with van der Waals surface area (Å²) in [4.78, 5) is 10.7. The number of nitrogens with zero attached hydrogens (tertiary/aromatic N) is 2. The number of carbonyl (C=O) groups excluding carboxylic acids is 1. The van der Waals surface area contributed by atoms with E-state index < -0.39 is 0 Å². The van der Waals surface area contributed by atoms with Crippen LogP contribution >= 0.6 is 23.1 Å². The summed E-state index contributed by atoms with van der Waals surface area (Å²) in [7, 11) is 0. The van der Waals surface area contributed by atoms with Crippen LogP contribution in [0.4, 0.5) is 0 Å². The quantitative estimate of drug-likeness (QED) is 0.736. The molecular weight excluding hydrogens is 254 g/mol. The molecule has 3 rings (SSSR count). The molecule has 0 atom stereocenters. The number of H-pyrrole nitrogens is 1. The van der Waals surface area contributed by atoms with Crippen molar-refractivity contribution in [1.82, 2.24) is 15.4 Å². The number of hydrogen-bond donors (Lipinski definition) is 1. The van der Waals surface area contributed by atoms with Crippen LogP contribution in [0, 0.1) is 0 Å². The van der Waals surface area contributed by atoms with Gasteiger partial charge in [0.1, 0.15) is 5.69 Å². The first kappa shape index (κ1) is 10.5. The Balaban J connectivity index is 1.97. The molecule has 1 aromatic carbocycles. The summed E-state index contributed by atoms with van der Waals surface area (Å²) < 4.78 is 2.33. The maximum absolute atomic E-state index is 10.7. The van der Waals surface area contributed by atoms with Crippen molar-refractivity contribution in [3.05, 3.63) is 36.0 Å². The summed E-state index contributed by atoms with van der Waals surface area (Å²) in [6, 6.07) is 10.3. The topological polar surface area (TPSA) is 58.6 Å². The van der Waals surface area contributed by atoms with Gasteiger partial charge in [-0.15, -0.1) is 16.4 Å². The molecule has 17 heavy (non-hydrogen) atoms. The predicted molar refractivity (Wildman–Crippen MR) is 67.7 cm³/mol. The van der Waals surface area contributed by atoms with Crippen molar-refractivity contribution in [3.8, 4) is 0 Å². The number of fused-ring (bicyclic) bond motifs is 1. The van der Waals surface area contributed by atoms with Gasteiger partial charge in [0.05, 0.1) is 4.21 Å². The van der Waals surface area contributed by atoms with E-state index in [4.69, 9.17) is 0 Å². The highest BCUT2D eigenvalue weighted by Crippen LogP contribution is 2.36. The van der Waals surface area contributed by atoms with Gasteiger partial charge >= 0.3 is 0 Å². The fourth-order valence-electron chi connectivity index (χ4n) is 1.48. The summed E-state index contributed by atoms with van der Waals surface area (Å²) in [5, 5.41) is 11.9. The molecule has 2 aromatic heterocycles. The summed E-state index contributed by atoms with van der Waals surface area (Å²) >= 11 is 3.13. The van der Waals surface area contributed by atoms with Crippen LogP contribution in [0.15, 0.2) is 39.6 Å². The molecule has 1 N–H and O–H groups in total.